The van der Waals surface area contributed by atoms with Gasteiger partial charge in [-0.05, 0) is 122 Å². The van der Waals surface area contributed by atoms with Gasteiger partial charge in [0.05, 0.1) is 6.26 Å². The number of aryl methyl sites for hydroxylation is 4. The number of sulfonamides is 1. The van der Waals surface area contributed by atoms with Gasteiger partial charge in [-0.2, -0.15) is 8.42 Å². The normalized spacial score (nSPS) is 16.1. The van der Waals surface area contributed by atoms with Gasteiger partial charge in [0.1, 0.15) is 0 Å². The molecule has 0 fully saturated rings. The molecule has 216 valence electrons. The number of fused-ring (bicyclic) bond motifs is 4. The van der Waals surface area contributed by atoms with Crippen LogP contribution in [0.25, 0.3) is 0 Å². The number of nitrogen functional groups attached to an aromatic ring is 1. The van der Waals surface area contributed by atoms with E-state index in [1.54, 1.807) is 0 Å². The molecule has 4 aliphatic rings. The summed E-state index contributed by atoms with van der Waals surface area (Å²) in [5.74, 6) is 0. The molecule has 0 atom stereocenters. The number of amides is 2. The van der Waals surface area contributed by atoms with Crippen LogP contribution >= 0.6 is 10.7 Å². The number of isocyanates is 1. The molecule has 10 nitrogen and oxygen atoms in total. The molecule has 2 aromatic rings. The van der Waals surface area contributed by atoms with Gasteiger partial charge in [0, 0.05) is 22.1 Å². The SMILES string of the molecule is CS(=O)(=O)NC(=O)Nc1c2c(cc3c1CCC3)CCC2.Nc1c2c(cc3c1CCC3)CCC2.O=C=NS(=O)(=O)Cl. The third-order valence-corrected chi connectivity index (χ3v) is 8.71. The molecule has 6 rings (SSSR count). The zero-order valence-electron chi connectivity index (χ0n) is 22.3. The quantitative estimate of drug-likeness (QED) is 0.206. The van der Waals surface area contributed by atoms with Crippen LogP contribution in [-0.2, 0) is 75.4 Å². The van der Waals surface area contributed by atoms with Crippen molar-refractivity contribution >= 4 is 53.4 Å². The number of rotatable bonds is 3. The highest BCUT2D eigenvalue weighted by atomic mass is 35.7. The van der Waals surface area contributed by atoms with Crippen molar-refractivity contribution in [3.63, 3.8) is 0 Å². The zero-order chi connectivity index (χ0) is 29.1. The van der Waals surface area contributed by atoms with Gasteiger partial charge in [0.2, 0.25) is 10.0 Å². The summed E-state index contributed by atoms with van der Waals surface area (Å²) in [6.07, 6.45) is 15.5. The molecular formula is C27H33ClN4O6S2. The number of anilines is 2. The van der Waals surface area contributed by atoms with Crippen LogP contribution in [0.1, 0.15) is 70.2 Å². The Morgan fingerprint density at radius 3 is 1.55 bits per heavy atom. The van der Waals surface area contributed by atoms with Crippen LogP contribution in [0, 0.1) is 0 Å². The fourth-order valence-corrected chi connectivity index (χ4v) is 6.74. The first-order valence-corrected chi connectivity index (χ1v) is 17.4. The van der Waals surface area contributed by atoms with Gasteiger partial charge >= 0.3 is 15.3 Å². The van der Waals surface area contributed by atoms with E-state index in [9.17, 15) is 21.6 Å². The van der Waals surface area contributed by atoms with Crippen LogP contribution in [0.4, 0.5) is 16.2 Å². The second-order valence-electron chi connectivity index (χ2n) is 10.4. The number of nitrogens with one attached hydrogen (secondary N) is 2. The Morgan fingerprint density at radius 1 is 0.800 bits per heavy atom. The van der Waals surface area contributed by atoms with Crippen molar-refractivity contribution in [1.29, 1.82) is 0 Å². The number of urea groups is 1. The first-order valence-electron chi connectivity index (χ1n) is 13.3. The Balaban J connectivity index is 0.000000158. The smallest absolute Gasteiger partial charge is 0.350 e. The van der Waals surface area contributed by atoms with Gasteiger partial charge in [-0.25, -0.2) is 22.7 Å². The van der Waals surface area contributed by atoms with E-state index in [-0.39, 0.29) is 0 Å². The van der Waals surface area contributed by atoms with Crippen molar-refractivity contribution in [2.45, 2.75) is 77.0 Å². The summed E-state index contributed by atoms with van der Waals surface area (Å²) in [7, 11) is -3.16. The van der Waals surface area contributed by atoms with Crippen LogP contribution in [0.5, 0.6) is 0 Å². The molecule has 0 saturated carbocycles. The number of halogens is 1. The Kier molecular flexibility index (Phi) is 9.24. The molecule has 0 aromatic heterocycles. The second-order valence-corrected chi connectivity index (χ2v) is 14.4. The highest BCUT2D eigenvalue weighted by molar-refractivity contribution is 8.12. The fraction of sp³-hybridized carbons (Fsp3) is 0.481. The number of carbonyl (C=O) groups is 1. The van der Waals surface area contributed by atoms with Crippen LogP contribution in [-0.4, -0.2) is 35.2 Å². The third kappa shape index (κ3) is 7.42. The number of nitrogens with two attached hydrogens (primary N) is 1. The second kappa shape index (κ2) is 12.3. The van der Waals surface area contributed by atoms with Crippen LogP contribution in [0.15, 0.2) is 16.5 Å². The number of benzene rings is 2. The summed E-state index contributed by atoms with van der Waals surface area (Å²) >= 11 is 0. The van der Waals surface area contributed by atoms with Gasteiger partial charge < -0.3 is 11.1 Å². The molecule has 0 aliphatic heterocycles. The minimum atomic E-state index is -4.00. The summed E-state index contributed by atoms with van der Waals surface area (Å²) in [5.41, 5.74) is 19.2. The first kappa shape index (κ1) is 30.0. The average molecular weight is 609 g/mol. The Labute approximate surface area is 239 Å². The monoisotopic (exact) mass is 608 g/mol. The third-order valence-electron chi connectivity index (χ3n) is 7.66. The van der Waals surface area contributed by atoms with Crippen molar-refractivity contribution < 1.29 is 26.4 Å². The summed E-state index contributed by atoms with van der Waals surface area (Å²) in [6, 6.07) is 4.02. The highest BCUT2D eigenvalue weighted by Crippen LogP contribution is 2.39. The molecule has 0 radical (unpaired) electrons. The topological polar surface area (TPSA) is 165 Å². The van der Waals surface area contributed by atoms with Crippen molar-refractivity contribution in [1.82, 2.24) is 4.72 Å². The molecule has 40 heavy (non-hydrogen) atoms. The maximum Gasteiger partial charge on any atom is 0.350 e. The predicted molar refractivity (Wildman–Crippen MR) is 155 cm³/mol. The van der Waals surface area contributed by atoms with E-state index in [2.05, 4.69) is 32.5 Å². The number of nitrogens with zero attached hydrogens (tertiary/aromatic N) is 1. The van der Waals surface area contributed by atoms with E-state index in [1.165, 1.54) is 83.0 Å². The molecule has 4 aliphatic carbocycles. The molecule has 13 heteroatoms. The lowest BCUT2D eigenvalue weighted by atomic mass is 9.99. The Morgan fingerprint density at radius 2 is 1.20 bits per heavy atom. The van der Waals surface area contributed by atoms with Crippen molar-refractivity contribution in [2.24, 2.45) is 4.40 Å². The van der Waals surface area contributed by atoms with E-state index >= 15 is 0 Å². The average Bonchev–Trinajstić information content (AvgIpc) is 3.64. The van der Waals surface area contributed by atoms with E-state index in [4.69, 9.17) is 10.5 Å². The molecule has 2 amide bonds. The van der Waals surface area contributed by atoms with E-state index in [1.807, 2.05) is 4.72 Å². The molecule has 2 aromatic carbocycles. The molecule has 0 heterocycles. The number of hydrogen-bond acceptors (Lipinski definition) is 7. The van der Waals surface area contributed by atoms with Crippen molar-refractivity contribution in [2.75, 3.05) is 17.3 Å². The van der Waals surface area contributed by atoms with Gasteiger partial charge in [-0.15, -0.1) is 0 Å². The number of hydrogen-bond donors (Lipinski definition) is 3. The van der Waals surface area contributed by atoms with E-state index < -0.39 is 25.3 Å². The molecule has 0 bridgehead atoms. The lowest BCUT2D eigenvalue weighted by molar-refractivity contribution is 0.256. The van der Waals surface area contributed by atoms with Crippen molar-refractivity contribution in [3.05, 3.63) is 56.6 Å². The summed E-state index contributed by atoms with van der Waals surface area (Å²) in [6.45, 7) is 0. The first-order chi connectivity index (χ1) is 18.9. The number of carbonyl (C=O) groups excluding carboxylic acids is 2. The maximum atomic E-state index is 11.8. The van der Waals surface area contributed by atoms with Gasteiger partial charge in [-0.3, -0.25) is 0 Å². The van der Waals surface area contributed by atoms with Gasteiger partial charge in [-0.1, -0.05) is 16.5 Å². The van der Waals surface area contributed by atoms with E-state index in [0.29, 0.717) is 0 Å². The van der Waals surface area contributed by atoms with Crippen LogP contribution < -0.4 is 15.8 Å². The highest BCUT2D eigenvalue weighted by Gasteiger charge is 2.25. The molecule has 0 unspecified atom stereocenters. The minimum absolute atomic E-state index is 0.665. The minimum Gasteiger partial charge on any atom is -0.398 e. The molecule has 0 saturated heterocycles. The van der Waals surface area contributed by atoms with Crippen LogP contribution in [0.3, 0.4) is 0 Å². The zero-order valence-corrected chi connectivity index (χ0v) is 24.7. The molecular weight excluding hydrogens is 576 g/mol. The summed E-state index contributed by atoms with van der Waals surface area (Å²) in [4.78, 5) is 20.9. The molecule has 4 N–H and O–H groups in total. The van der Waals surface area contributed by atoms with Crippen molar-refractivity contribution in [3.8, 4) is 0 Å². The largest absolute Gasteiger partial charge is 0.398 e. The lowest BCUT2D eigenvalue weighted by Gasteiger charge is -2.16. The summed E-state index contributed by atoms with van der Waals surface area (Å²) < 4.78 is 45.6. The standard InChI is InChI=1S/C14H18N2O3S.C12H15N.CClNO3S/c1-20(18,19)16-14(17)15-13-11-6-2-4-9(11)8-10-5-3-7-12(10)13;13-12-10-5-1-3-8(10)7-9-4-2-6-11(9)12;2-7(5,6)3-1-4/h8H,2-7H2,1H3,(H2,15,16,17);7H,1-6,13H2;. The van der Waals surface area contributed by atoms with Gasteiger partial charge in [0.15, 0.2) is 0 Å². The maximum absolute atomic E-state index is 11.8. The van der Waals surface area contributed by atoms with E-state index in [0.717, 1.165) is 62.2 Å². The Bertz CT molecular complexity index is 1540. The molecule has 0 spiro atoms. The fourth-order valence-electron chi connectivity index (χ4n) is 6.18. The van der Waals surface area contributed by atoms with Gasteiger partial charge in [0.25, 0.3) is 6.08 Å². The lowest BCUT2D eigenvalue weighted by Crippen LogP contribution is -2.34. The summed E-state index contributed by atoms with van der Waals surface area (Å²) in [5, 5.41) is 2.77. The predicted octanol–water partition coefficient (Wildman–Crippen LogP) is 3.80. The Hall–Kier alpha value is -2.92. The van der Waals surface area contributed by atoms with Crippen LogP contribution in [0.2, 0.25) is 0 Å².